The van der Waals surface area contributed by atoms with E-state index < -0.39 is 17.9 Å². The molecule has 0 unspecified atom stereocenters. The number of carboxylic acids is 3. The number of aromatic amines is 1. The zero-order valence-electron chi connectivity index (χ0n) is 66.2. The number of unbranched alkanes of at least 4 members (excludes halogenated alkanes) is 13. The highest BCUT2D eigenvalue weighted by molar-refractivity contribution is 7.80. The molecule has 9 N–H and O–H groups in total. The van der Waals surface area contributed by atoms with Gasteiger partial charge in [-0.3, -0.25) is 38.9 Å². The molecule has 0 aliphatic carbocycles. The monoisotopic (exact) mass is 1600 g/mol. The highest BCUT2D eigenvalue weighted by atomic mass is 32.1. The van der Waals surface area contributed by atoms with Crippen molar-refractivity contribution < 1.29 is 34.5 Å². The maximum absolute atomic E-state index is 11.3. The maximum atomic E-state index is 11.3. The van der Waals surface area contributed by atoms with Crippen LogP contribution in [0.2, 0.25) is 0 Å². The maximum Gasteiger partial charge on any atom is 0.317 e. The van der Waals surface area contributed by atoms with Crippen molar-refractivity contribution in [1.29, 1.82) is 0 Å². The first-order valence-electron chi connectivity index (χ1n) is 36.2. The van der Waals surface area contributed by atoms with Gasteiger partial charge in [0.2, 0.25) is 10.7 Å². The Hall–Kier alpha value is -2.18. The van der Waals surface area contributed by atoms with Gasteiger partial charge < -0.3 is 56.7 Å². The summed E-state index contributed by atoms with van der Waals surface area (Å²) in [5, 5.41) is 43.6. The Bertz CT molecular complexity index is 1910. The van der Waals surface area contributed by atoms with Crippen LogP contribution < -0.4 is 26.6 Å². The third-order valence-corrected chi connectivity index (χ3v) is 14.5. The van der Waals surface area contributed by atoms with Crippen molar-refractivity contribution in [2.24, 2.45) is 4.99 Å². The van der Waals surface area contributed by atoms with Gasteiger partial charge in [0, 0.05) is 178 Å². The molecular formula is C69H144N14O7S2Si9. The number of aliphatic imine (C=N–C) groups is 1. The number of carboxylic acid groups (broad SMARTS) is 3. The zero-order valence-corrected chi connectivity index (χ0v) is 76.8. The molecular weight excluding hydrogens is 1450 g/mol. The van der Waals surface area contributed by atoms with Crippen molar-refractivity contribution >= 4 is 164 Å². The van der Waals surface area contributed by atoms with E-state index in [9.17, 15) is 19.2 Å². The minimum Gasteiger partial charge on any atom is -0.480 e. The van der Waals surface area contributed by atoms with Gasteiger partial charge in [0.25, 0.3) is 0 Å². The van der Waals surface area contributed by atoms with E-state index in [-0.39, 0.29) is 144 Å². The Morgan fingerprint density at radius 3 is 1.32 bits per heavy atom. The number of guanidine groups is 1. The number of fused-ring (bicyclic) bond motifs is 1. The number of carbonyl (C=O) groups excluding carboxylic acids is 1. The summed E-state index contributed by atoms with van der Waals surface area (Å²) in [7, 11) is 1.82. The normalized spacial score (nSPS) is 10.9. The van der Waals surface area contributed by atoms with E-state index in [4.69, 9.17) is 39.8 Å². The van der Waals surface area contributed by atoms with Crippen LogP contribution in [0.25, 0.3) is 0 Å². The minimum absolute atomic E-state index is 0. The van der Waals surface area contributed by atoms with Crippen molar-refractivity contribution in [3.8, 4) is 0 Å². The second kappa shape index (κ2) is 104. The molecule has 1 aromatic rings. The number of H-pyrrole nitrogens is 1. The molecule has 2 aliphatic rings. The number of anilines is 1. The summed E-state index contributed by atoms with van der Waals surface area (Å²) in [5.41, 5.74) is 0. The van der Waals surface area contributed by atoms with Crippen LogP contribution in [0.5, 0.6) is 0 Å². The molecule has 1 saturated heterocycles. The molecule has 0 atom stereocenters. The number of hydrogen-bond acceptors (Lipinski definition) is 17. The van der Waals surface area contributed by atoms with E-state index in [0.29, 0.717) is 30.4 Å². The van der Waals surface area contributed by atoms with Crippen LogP contribution in [0.1, 0.15) is 256 Å². The molecule has 21 nitrogen and oxygen atoms in total. The smallest absolute Gasteiger partial charge is 0.317 e. The van der Waals surface area contributed by atoms with E-state index in [1.54, 1.807) is 9.80 Å². The summed E-state index contributed by atoms with van der Waals surface area (Å²) in [6.07, 6.45) is 31.7. The lowest BCUT2D eigenvalue weighted by Crippen LogP contribution is -2.52. The fourth-order valence-corrected chi connectivity index (χ4v) is 9.03. The van der Waals surface area contributed by atoms with Crippen LogP contribution in [0, 0.1) is 11.7 Å². The number of aliphatic carboxylic acids is 3. The topological polar surface area (TPSA) is 259 Å². The van der Waals surface area contributed by atoms with E-state index in [0.717, 1.165) is 56.3 Å². The van der Waals surface area contributed by atoms with E-state index >= 15 is 0 Å². The quantitative estimate of drug-likeness (QED) is 0.0167. The molecule has 580 valence electrons. The molecule has 0 amide bonds. The third-order valence-electron chi connectivity index (χ3n) is 14.0. The first-order valence-corrected chi connectivity index (χ1v) is 37.0. The largest absolute Gasteiger partial charge is 0.480 e. The first kappa shape index (κ1) is 131. The van der Waals surface area contributed by atoms with Gasteiger partial charge in [0.05, 0.1) is 26.2 Å². The van der Waals surface area contributed by atoms with Gasteiger partial charge in [-0.2, -0.15) is 4.98 Å². The lowest BCUT2D eigenvalue weighted by atomic mass is 10.2. The van der Waals surface area contributed by atoms with Crippen LogP contribution in [-0.2, 0) is 19.2 Å². The Balaban J connectivity index is -0.0000000745. The molecule has 1 aromatic heterocycles. The number of rotatable bonds is 44. The standard InChI is InChI=1S/C17H31N3O7.C11H21N3.C10H23N.C8H14N4S.C7H17N.C6H14N2S.2C5H12.9Si/c1-3-4-5-18(11-15(22)23)6-7-19(12-16(24)25)8-9-20(10-14(2)21)13-17(26)27;1-2-3-7-13-9-5-10-14-8-4-6-12-11(13)14;1-3-5-7-8-10-11-9-6-4-2;1-3-4-5-9-7-10-6(2)11-8(13)12-7;1-3-5-7-8-6-4-2;1-3-4-5-8-6(9)7-2;2*1-3-5-4-2;;;;;;;;;/h3-13H2,1-2H3,(H,22,23)(H,24,25)(H,26,27);2-10H2,1H3;11H,3-10H2,1-2H3;3-5H2,1-2H3,(H2,9,10,11,12,13);8H,3-7H2,1-2H3;3-5H2,1-2H3,(H2,7,8,9);2*3-5H2,1-2H3;;;;;;;;;. The van der Waals surface area contributed by atoms with Gasteiger partial charge >= 0.3 is 17.9 Å². The van der Waals surface area contributed by atoms with Crippen LogP contribution in [-0.4, -0.2) is 326 Å². The molecule has 2 aliphatic heterocycles. The molecule has 101 heavy (non-hydrogen) atoms. The van der Waals surface area contributed by atoms with E-state index in [1.807, 2.05) is 20.9 Å². The molecule has 32 heteroatoms. The highest BCUT2D eigenvalue weighted by Crippen LogP contribution is 2.14. The first-order chi connectivity index (χ1) is 44.2. The van der Waals surface area contributed by atoms with Gasteiger partial charge in [-0.05, 0) is 135 Å². The van der Waals surface area contributed by atoms with Gasteiger partial charge in [0.1, 0.15) is 11.6 Å². The number of carbonyl (C=O) groups is 4. The Kier molecular flexibility index (Phi) is 136. The summed E-state index contributed by atoms with van der Waals surface area (Å²) in [5.74, 6) is -0.406. The average Bonchev–Trinajstić information content (AvgIpc) is 0.836. The van der Waals surface area contributed by atoms with Crippen molar-refractivity contribution in [1.82, 2.24) is 60.7 Å². The fourth-order valence-electron chi connectivity index (χ4n) is 8.70. The van der Waals surface area contributed by atoms with E-state index in [1.165, 1.54) is 205 Å². The minimum atomic E-state index is -1.06. The summed E-state index contributed by atoms with van der Waals surface area (Å²) in [6, 6.07) is 0. The molecule has 0 aromatic carbocycles. The Labute approximate surface area is 670 Å². The Morgan fingerprint density at radius 2 is 0.891 bits per heavy atom. The molecule has 3 heterocycles. The van der Waals surface area contributed by atoms with Crippen LogP contribution in [0.3, 0.4) is 0 Å². The van der Waals surface area contributed by atoms with Crippen LogP contribution >= 0.6 is 24.4 Å². The predicted octanol–water partition coefficient (Wildman–Crippen LogP) is 9.73. The number of ketones is 1. The highest BCUT2D eigenvalue weighted by Gasteiger charge is 2.25. The molecule has 0 saturated carbocycles. The number of nitrogens with zero attached hydrogens (tertiary/aromatic N) is 8. The van der Waals surface area contributed by atoms with Gasteiger partial charge in [-0.15, -0.1) is 0 Å². The summed E-state index contributed by atoms with van der Waals surface area (Å²) < 4.78 is 0.384. The number of nitrogens with one attached hydrogen (secondary N) is 6. The number of Topliss-reactive ketones (excluding diaryl/α,β-unsaturated/α-hetero) is 1. The number of aryl methyl sites for hydroxylation is 1. The van der Waals surface area contributed by atoms with Gasteiger partial charge in [0.15, 0.2) is 11.1 Å². The molecule has 3 rings (SSSR count). The second-order valence-corrected chi connectivity index (χ2v) is 24.2. The fraction of sp³-hybridized carbons (Fsp3) is 0.870. The van der Waals surface area contributed by atoms with Crippen molar-refractivity contribution in [2.45, 2.75) is 257 Å². The summed E-state index contributed by atoms with van der Waals surface area (Å²) in [4.78, 5) is 69.7. The molecule has 0 spiro atoms. The average molecular weight is 1600 g/mol. The van der Waals surface area contributed by atoms with E-state index in [2.05, 4.69) is 132 Å². The molecule has 0 bridgehead atoms. The van der Waals surface area contributed by atoms with Crippen LogP contribution in [0.4, 0.5) is 5.95 Å². The third kappa shape index (κ3) is 102. The van der Waals surface area contributed by atoms with Crippen molar-refractivity contribution in [3.05, 3.63) is 10.6 Å². The molecule has 1 fully saturated rings. The van der Waals surface area contributed by atoms with Gasteiger partial charge in [-0.1, -0.05) is 179 Å². The van der Waals surface area contributed by atoms with Crippen molar-refractivity contribution in [3.63, 3.8) is 0 Å². The second-order valence-electron chi connectivity index (χ2n) is 23.4. The number of hydrogen-bond donors (Lipinski definition) is 9. The van der Waals surface area contributed by atoms with Crippen LogP contribution in [0.15, 0.2) is 4.99 Å². The number of aromatic nitrogens is 3. The summed E-state index contributed by atoms with van der Waals surface area (Å²) >= 11 is 9.73. The van der Waals surface area contributed by atoms with Crippen molar-refractivity contribution in [2.75, 3.05) is 143 Å². The number of thiocarbonyl (C=S) groups is 1. The lowest BCUT2D eigenvalue weighted by molar-refractivity contribution is -0.140. The Morgan fingerprint density at radius 1 is 0.475 bits per heavy atom. The predicted molar refractivity (Wildman–Crippen MR) is 449 cm³/mol. The molecule has 36 radical (unpaired) electrons. The van der Waals surface area contributed by atoms with Gasteiger partial charge in [-0.25, -0.2) is 4.98 Å². The summed E-state index contributed by atoms with van der Waals surface area (Å²) in [6.45, 7) is 43.3. The zero-order chi connectivity index (χ0) is 70.3. The lowest BCUT2D eigenvalue weighted by Gasteiger charge is -2.41. The SMILES string of the molecule is CCCCC.CCCCC.CCCCCCNCCCC.CCCCN(CCN(CCN(CC(C)=O)CC(=O)O)CC(=O)O)CC(=O)O.CCCCN1CCCN2CCCN=C12.CCCCNC(=S)NC.CCCCNCCC.CCCCNc1nc(=S)nc(C)[nH]1.[Si].[Si].[Si].[Si].[Si].[Si].[Si].[Si].[Si].